The molecule has 0 saturated heterocycles. The van der Waals surface area contributed by atoms with Crippen LogP contribution in [0.25, 0.3) is 0 Å². The van der Waals surface area contributed by atoms with Crippen LogP contribution in [0.15, 0.2) is 60.7 Å². The molecule has 2 atom stereocenters. The summed E-state index contributed by atoms with van der Waals surface area (Å²) in [5.74, 6) is 0.490. The van der Waals surface area contributed by atoms with Gasteiger partial charge in [0.15, 0.2) is 6.10 Å². The third-order valence-corrected chi connectivity index (χ3v) is 4.40. The summed E-state index contributed by atoms with van der Waals surface area (Å²) < 4.78 is 7.23. The van der Waals surface area contributed by atoms with Gasteiger partial charge in [0.1, 0.15) is 5.75 Å². The van der Waals surface area contributed by atoms with Crippen molar-refractivity contribution in [2.45, 2.75) is 25.5 Å². The van der Waals surface area contributed by atoms with Gasteiger partial charge in [0, 0.05) is 0 Å². The van der Waals surface area contributed by atoms with Crippen LogP contribution < -0.4 is 15.4 Å². The first-order valence-corrected chi connectivity index (χ1v) is 8.94. The van der Waals surface area contributed by atoms with Crippen LogP contribution in [0.5, 0.6) is 5.75 Å². The Morgan fingerprint density at radius 3 is 2.57 bits per heavy atom. The number of carbonyl (C=O) groups is 2. The summed E-state index contributed by atoms with van der Waals surface area (Å²) >= 11 is 0. The van der Waals surface area contributed by atoms with Gasteiger partial charge in [0.05, 0.1) is 12.5 Å². The third-order valence-electron chi connectivity index (χ3n) is 4.40. The number of nitrogens with one attached hydrogen (secondary N) is 2. The van der Waals surface area contributed by atoms with Crippen LogP contribution in [-0.2, 0) is 9.59 Å². The highest BCUT2D eigenvalue weighted by Gasteiger charge is 2.29. The summed E-state index contributed by atoms with van der Waals surface area (Å²) in [6.45, 7) is 1.65. The minimum Gasteiger partial charge on any atom is -0.481 e. The molecular formula is C20H19N5O3. The lowest BCUT2D eigenvalue weighted by Gasteiger charge is -2.23. The van der Waals surface area contributed by atoms with Crippen LogP contribution >= 0.6 is 0 Å². The molecule has 8 heteroatoms. The Morgan fingerprint density at radius 2 is 1.86 bits per heavy atom. The van der Waals surface area contributed by atoms with Gasteiger partial charge >= 0.3 is 0 Å². The van der Waals surface area contributed by atoms with Crippen molar-refractivity contribution in [1.29, 1.82) is 0 Å². The number of ether oxygens (including phenoxy) is 1. The number of aromatic nitrogens is 3. The van der Waals surface area contributed by atoms with E-state index in [1.165, 1.54) is 0 Å². The minimum atomic E-state index is -0.734. The number of benzene rings is 2. The van der Waals surface area contributed by atoms with E-state index in [4.69, 9.17) is 4.74 Å². The molecule has 0 bridgehead atoms. The van der Waals surface area contributed by atoms with E-state index in [0.29, 0.717) is 11.7 Å². The zero-order valence-corrected chi connectivity index (χ0v) is 15.2. The molecule has 0 spiro atoms. The molecule has 3 aromatic rings. The summed E-state index contributed by atoms with van der Waals surface area (Å²) in [5.41, 5.74) is 0.946. The van der Waals surface area contributed by atoms with E-state index in [1.54, 1.807) is 23.7 Å². The Hall–Kier alpha value is -3.68. The monoisotopic (exact) mass is 377 g/mol. The lowest BCUT2D eigenvalue weighted by atomic mass is 10.0. The number of para-hydroxylation sites is 1. The molecule has 2 N–H and O–H groups in total. The quantitative estimate of drug-likeness (QED) is 0.712. The van der Waals surface area contributed by atoms with Crippen LogP contribution in [0.2, 0.25) is 0 Å². The predicted molar refractivity (Wildman–Crippen MR) is 103 cm³/mol. The second-order valence-corrected chi connectivity index (χ2v) is 6.44. The summed E-state index contributed by atoms with van der Waals surface area (Å²) in [6, 6.07) is 18.4. The van der Waals surface area contributed by atoms with Gasteiger partial charge in [-0.25, -0.2) is 4.68 Å². The van der Waals surface area contributed by atoms with E-state index in [0.717, 1.165) is 5.56 Å². The molecule has 142 valence electrons. The maximum absolute atomic E-state index is 12.4. The van der Waals surface area contributed by atoms with E-state index in [-0.39, 0.29) is 30.2 Å². The number of anilines is 2. The van der Waals surface area contributed by atoms with Crippen molar-refractivity contribution < 1.29 is 14.3 Å². The fourth-order valence-corrected chi connectivity index (χ4v) is 3.02. The maximum atomic E-state index is 12.4. The number of hydrogen-bond acceptors (Lipinski definition) is 5. The molecule has 0 saturated carbocycles. The molecule has 28 heavy (non-hydrogen) atoms. The van der Waals surface area contributed by atoms with Gasteiger partial charge < -0.3 is 4.74 Å². The molecule has 0 fully saturated rings. The normalized spacial score (nSPS) is 16.6. The van der Waals surface area contributed by atoms with Gasteiger partial charge in [-0.1, -0.05) is 48.5 Å². The maximum Gasteiger partial charge on any atom is 0.267 e. The lowest BCUT2D eigenvalue weighted by Crippen LogP contribution is -2.30. The molecule has 4 rings (SSSR count). The molecule has 0 aliphatic carbocycles. The van der Waals surface area contributed by atoms with Crippen LogP contribution in [0, 0.1) is 0 Å². The minimum absolute atomic E-state index is 0.117. The first kappa shape index (κ1) is 17.7. The van der Waals surface area contributed by atoms with Gasteiger partial charge in [0.2, 0.25) is 11.9 Å². The van der Waals surface area contributed by atoms with Crippen molar-refractivity contribution in [3.8, 4) is 5.75 Å². The summed E-state index contributed by atoms with van der Waals surface area (Å²) in [5, 5.41) is 9.71. The number of fused-ring (bicyclic) bond motifs is 1. The standard InChI is InChI=1S/C20H19N5O3/c1-13(28-15-10-6-3-7-11-15)18(27)22-19-23-20-21-17(26)12-16(25(20)24-19)14-8-4-2-5-9-14/h2-11,13,16H,12H2,1H3,(H2,21,22,23,24,26,27)/t13-,16+/m0/s1. The predicted octanol–water partition coefficient (Wildman–Crippen LogP) is 2.62. The zero-order chi connectivity index (χ0) is 19.5. The van der Waals surface area contributed by atoms with Crippen molar-refractivity contribution in [1.82, 2.24) is 14.8 Å². The van der Waals surface area contributed by atoms with Crippen molar-refractivity contribution in [3.63, 3.8) is 0 Å². The highest BCUT2D eigenvalue weighted by Crippen LogP contribution is 2.29. The van der Waals surface area contributed by atoms with E-state index in [2.05, 4.69) is 20.7 Å². The molecule has 8 nitrogen and oxygen atoms in total. The number of carbonyl (C=O) groups excluding carboxylic acids is 2. The highest BCUT2D eigenvalue weighted by molar-refractivity contribution is 5.94. The summed E-state index contributed by atoms with van der Waals surface area (Å²) in [6.07, 6.45) is -0.483. The first-order chi connectivity index (χ1) is 13.6. The van der Waals surface area contributed by atoms with E-state index in [1.807, 2.05) is 48.5 Å². The van der Waals surface area contributed by atoms with E-state index >= 15 is 0 Å². The van der Waals surface area contributed by atoms with Crippen LogP contribution in [0.1, 0.15) is 24.9 Å². The molecule has 2 aromatic carbocycles. The van der Waals surface area contributed by atoms with Gasteiger partial charge in [-0.15, -0.1) is 5.10 Å². The van der Waals surface area contributed by atoms with Crippen molar-refractivity contribution in [2.24, 2.45) is 0 Å². The van der Waals surface area contributed by atoms with Gasteiger partial charge in [0.25, 0.3) is 11.9 Å². The van der Waals surface area contributed by atoms with Crippen molar-refractivity contribution in [3.05, 3.63) is 66.2 Å². The Balaban J connectivity index is 1.51. The van der Waals surface area contributed by atoms with E-state index < -0.39 is 6.10 Å². The molecule has 2 amide bonds. The Bertz CT molecular complexity index is 988. The third kappa shape index (κ3) is 3.71. The van der Waals surface area contributed by atoms with Crippen molar-refractivity contribution >= 4 is 23.7 Å². The fraction of sp³-hybridized carbons (Fsp3) is 0.200. The average Bonchev–Trinajstić information content (AvgIpc) is 3.10. The van der Waals surface area contributed by atoms with Crippen LogP contribution in [0.3, 0.4) is 0 Å². The Morgan fingerprint density at radius 1 is 1.18 bits per heavy atom. The summed E-state index contributed by atoms with van der Waals surface area (Å²) in [7, 11) is 0. The second-order valence-electron chi connectivity index (χ2n) is 6.44. The van der Waals surface area contributed by atoms with Gasteiger partial charge in [-0.3, -0.25) is 20.2 Å². The molecule has 2 heterocycles. The summed E-state index contributed by atoms with van der Waals surface area (Å²) in [4.78, 5) is 28.7. The molecule has 1 aromatic heterocycles. The first-order valence-electron chi connectivity index (χ1n) is 8.94. The highest BCUT2D eigenvalue weighted by atomic mass is 16.5. The lowest BCUT2D eigenvalue weighted by molar-refractivity contribution is -0.122. The largest absolute Gasteiger partial charge is 0.481 e. The topological polar surface area (TPSA) is 98.1 Å². The van der Waals surface area contributed by atoms with Crippen molar-refractivity contribution in [2.75, 3.05) is 10.6 Å². The number of amides is 2. The number of nitrogens with zero attached hydrogens (tertiary/aromatic N) is 3. The van der Waals surface area contributed by atoms with E-state index in [9.17, 15) is 9.59 Å². The van der Waals surface area contributed by atoms with Crippen LogP contribution in [0.4, 0.5) is 11.9 Å². The second kappa shape index (κ2) is 7.51. The number of hydrogen-bond donors (Lipinski definition) is 2. The fourth-order valence-electron chi connectivity index (χ4n) is 3.02. The Kier molecular flexibility index (Phi) is 4.76. The molecule has 1 aliphatic rings. The Labute approximate surface area is 161 Å². The van der Waals surface area contributed by atoms with Gasteiger partial charge in [-0.2, -0.15) is 4.98 Å². The van der Waals surface area contributed by atoms with Crippen LogP contribution in [-0.4, -0.2) is 32.7 Å². The number of rotatable bonds is 5. The SMILES string of the molecule is C[C@H](Oc1ccccc1)C(=O)Nc1nc2n(n1)[C@@H](c1ccccc1)CC(=O)N2. The van der Waals surface area contributed by atoms with Gasteiger partial charge in [-0.05, 0) is 24.6 Å². The average molecular weight is 377 g/mol. The molecule has 0 radical (unpaired) electrons. The zero-order valence-electron chi connectivity index (χ0n) is 15.2. The smallest absolute Gasteiger partial charge is 0.267 e. The molecule has 1 aliphatic heterocycles. The molecule has 0 unspecified atom stereocenters. The molecular weight excluding hydrogens is 358 g/mol.